The summed E-state index contributed by atoms with van der Waals surface area (Å²) in [6, 6.07) is 0. The van der Waals surface area contributed by atoms with Crippen LogP contribution in [0.15, 0.2) is 5.51 Å². The van der Waals surface area contributed by atoms with E-state index in [-0.39, 0.29) is 12.2 Å². The predicted molar refractivity (Wildman–Crippen MR) is 59.2 cm³/mol. The Bertz CT molecular complexity index is 316. The predicted octanol–water partition coefficient (Wildman–Crippen LogP) is 0.343. The molecular formula is C10H16N2O2S. The highest BCUT2D eigenvalue weighted by Crippen LogP contribution is 2.13. The van der Waals surface area contributed by atoms with Crippen LogP contribution in [0.1, 0.15) is 10.6 Å². The lowest BCUT2D eigenvalue weighted by atomic mass is 10.2. The smallest absolute Gasteiger partial charge is 0.0970 e. The lowest BCUT2D eigenvalue weighted by Gasteiger charge is -2.13. The monoisotopic (exact) mass is 228 g/mol. The Labute approximate surface area is 93.3 Å². The van der Waals surface area contributed by atoms with Gasteiger partial charge in [0.2, 0.25) is 0 Å². The molecule has 1 aliphatic heterocycles. The van der Waals surface area contributed by atoms with Crippen LogP contribution in [0.3, 0.4) is 0 Å². The molecule has 1 aromatic heterocycles. The molecule has 0 radical (unpaired) electrons. The Morgan fingerprint density at radius 2 is 2.53 bits per heavy atom. The first-order chi connectivity index (χ1) is 7.27. The van der Waals surface area contributed by atoms with Gasteiger partial charge in [-0.15, -0.1) is 11.3 Å². The van der Waals surface area contributed by atoms with Crippen LogP contribution < -0.4 is 5.32 Å². The molecule has 1 fully saturated rings. The van der Waals surface area contributed by atoms with Gasteiger partial charge in [0.05, 0.1) is 30.0 Å². The molecule has 0 aromatic carbocycles. The van der Waals surface area contributed by atoms with Gasteiger partial charge in [-0.1, -0.05) is 0 Å². The Hall–Kier alpha value is -0.490. The molecule has 2 atom stereocenters. The number of aliphatic hydroxyl groups is 1. The normalized spacial score (nSPS) is 26.0. The lowest BCUT2D eigenvalue weighted by Crippen LogP contribution is -2.27. The first-order valence-corrected chi connectivity index (χ1v) is 6.04. The van der Waals surface area contributed by atoms with E-state index in [4.69, 9.17) is 4.74 Å². The van der Waals surface area contributed by atoms with Crippen molar-refractivity contribution in [1.82, 2.24) is 10.3 Å². The Balaban J connectivity index is 1.73. The summed E-state index contributed by atoms with van der Waals surface area (Å²) in [6.07, 6.45) is 0.491. The average Bonchev–Trinajstić information content (AvgIpc) is 2.78. The molecule has 5 heteroatoms. The molecule has 4 nitrogen and oxygen atoms in total. The van der Waals surface area contributed by atoms with Crippen molar-refractivity contribution < 1.29 is 9.84 Å². The van der Waals surface area contributed by atoms with Crippen molar-refractivity contribution >= 4 is 11.3 Å². The quantitative estimate of drug-likeness (QED) is 0.780. The van der Waals surface area contributed by atoms with E-state index in [2.05, 4.69) is 10.3 Å². The number of aromatic nitrogens is 1. The van der Waals surface area contributed by atoms with Gasteiger partial charge in [-0.3, -0.25) is 0 Å². The summed E-state index contributed by atoms with van der Waals surface area (Å²) in [7, 11) is 0. The second-order valence-electron chi connectivity index (χ2n) is 3.75. The molecule has 1 saturated heterocycles. The number of thiazole rings is 1. The molecule has 2 heterocycles. The molecular weight excluding hydrogens is 212 g/mol. The first kappa shape index (κ1) is 11.0. The average molecular weight is 228 g/mol. The fourth-order valence-corrected chi connectivity index (χ4v) is 2.44. The minimum atomic E-state index is -0.354. The molecule has 0 bridgehead atoms. The van der Waals surface area contributed by atoms with Crippen molar-refractivity contribution in [2.45, 2.75) is 25.6 Å². The van der Waals surface area contributed by atoms with E-state index < -0.39 is 0 Å². The van der Waals surface area contributed by atoms with E-state index in [1.807, 2.05) is 12.4 Å². The standard InChI is InChI=1S/C10H16N2O2S/c1-7-10(15-6-12-7)2-3-14-9-5-11-4-8(9)13/h6,8-9,11,13H,2-5H2,1H3. The first-order valence-electron chi connectivity index (χ1n) is 5.16. The second-order valence-corrected chi connectivity index (χ2v) is 4.69. The van der Waals surface area contributed by atoms with E-state index in [0.29, 0.717) is 13.2 Å². The fourth-order valence-electron chi connectivity index (χ4n) is 1.68. The van der Waals surface area contributed by atoms with Gasteiger partial charge in [0, 0.05) is 24.4 Å². The number of aliphatic hydroxyl groups excluding tert-OH is 1. The zero-order valence-electron chi connectivity index (χ0n) is 8.77. The number of β-amino-alcohol motifs (C(OH)–C–C–N with tert-alkyl or cyclic N) is 1. The summed E-state index contributed by atoms with van der Waals surface area (Å²) in [4.78, 5) is 5.46. The van der Waals surface area contributed by atoms with E-state index in [1.54, 1.807) is 11.3 Å². The van der Waals surface area contributed by atoms with Gasteiger partial charge in [0.1, 0.15) is 0 Å². The van der Waals surface area contributed by atoms with Gasteiger partial charge >= 0.3 is 0 Å². The van der Waals surface area contributed by atoms with Crippen molar-refractivity contribution in [3.8, 4) is 0 Å². The maximum absolute atomic E-state index is 9.50. The largest absolute Gasteiger partial charge is 0.389 e. The van der Waals surface area contributed by atoms with Gasteiger partial charge in [-0.05, 0) is 6.92 Å². The number of nitrogens with zero attached hydrogens (tertiary/aromatic N) is 1. The minimum Gasteiger partial charge on any atom is -0.389 e. The van der Waals surface area contributed by atoms with Crippen LogP contribution in [-0.2, 0) is 11.2 Å². The second kappa shape index (κ2) is 5.03. The molecule has 2 unspecified atom stereocenters. The topological polar surface area (TPSA) is 54.4 Å². The van der Waals surface area contributed by atoms with Crippen molar-refractivity contribution in [3.05, 3.63) is 16.1 Å². The Morgan fingerprint density at radius 1 is 1.67 bits per heavy atom. The number of hydrogen-bond donors (Lipinski definition) is 2. The molecule has 84 valence electrons. The summed E-state index contributed by atoms with van der Waals surface area (Å²) in [6.45, 7) is 4.07. The van der Waals surface area contributed by atoms with E-state index in [9.17, 15) is 5.11 Å². The number of aryl methyl sites for hydroxylation is 1. The van der Waals surface area contributed by atoms with Crippen LogP contribution in [0.5, 0.6) is 0 Å². The molecule has 0 saturated carbocycles. The summed E-state index contributed by atoms with van der Waals surface area (Å²) >= 11 is 1.66. The third kappa shape index (κ3) is 2.75. The number of nitrogens with one attached hydrogen (secondary N) is 1. The molecule has 0 aliphatic carbocycles. The zero-order chi connectivity index (χ0) is 10.7. The maximum Gasteiger partial charge on any atom is 0.0970 e. The van der Waals surface area contributed by atoms with Gasteiger partial charge in [-0.2, -0.15) is 0 Å². The van der Waals surface area contributed by atoms with E-state index >= 15 is 0 Å². The maximum atomic E-state index is 9.50. The summed E-state index contributed by atoms with van der Waals surface area (Å²) in [5, 5.41) is 12.6. The van der Waals surface area contributed by atoms with E-state index in [0.717, 1.165) is 18.7 Å². The molecule has 1 aromatic rings. The highest BCUT2D eigenvalue weighted by molar-refractivity contribution is 7.09. The van der Waals surface area contributed by atoms with Crippen molar-refractivity contribution in [1.29, 1.82) is 0 Å². The lowest BCUT2D eigenvalue weighted by molar-refractivity contribution is -0.00636. The highest BCUT2D eigenvalue weighted by atomic mass is 32.1. The van der Waals surface area contributed by atoms with Crippen LogP contribution >= 0.6 is 11.3 Å². The van der Waals surface area contributed by atoms with Crippen LogP contribution in [-0.4, -0.2) is 42.0 Å². The zero-order valence-corrected chi connectivity index (χ0v) is 9.59. The summed E-state index contributed by atoms with van der Waals surface area (Å²) < 4.78 is 5.61. The van der Waals surface area contributed by atoms with E-state index in [1.165, 1.54) is 4.88 Å². The Morgan fingerprint density at radius 3 is 3.13 bits per heavy atom. The third-order valence-corrected chi connectivity index (χ3v) is 3.63. The van der Waals surface area contributed by atoms with Crippen molar-refractivity contribution in [3.63, 3.8) is 0 Å². The van der Waals surface area contributed by atoms with Crippen LogP contribution in [0.25, 0.3) is 0 Å². The molecule has 0 amide bonds. The van der Waals surface area contributed by atoms with Crippen molar-refractivity contribution in [2.75, 3.05) is 19.7 Å². The van der Waals surface area contributed by atoms with Crippen LogP contribution in [0.2, 0.25) is 0 Å². The highest BCUT2D eigenvalue weighted by Gasteiger charge is 2.25. The van der Waals surface area contributed by atoms with Crippen molar-refractivity contribution in [2.24, 2.45) is 0 Å². The van der Waals surface area contributed by atoms with Gasteiger partial charge in [-0.25, -0.2) is 4.98 Å². The Kier molecular flexibility index (Phi) is 3.69. The minimum absolute atomic E-state index is 0.0433. The summed E-state index contributed by atoms with van der Waals surface area (Å²) in [5.41, 5.74) is 2.95. The molecule has 0 spiro atoms. The molecule has 2 N–H and O–H groups in total. The van der Waals surface area contributed by atoms with Gasteiger partial charge in [0.25, 0.3) is 0 Å². The number of rotatable bonds is 4. The third-order valence-electron chi connectivity index (χ3n) is 2.63. The van der Waals surface area contributed by atoms with Gasteiger partial charge in [0.15, 0.2) is 0 Å². The molecule has 15 heavy (non-hydrogen) atoms. The van der Waals surface area contributed by atoms with Gasteiger partial charge < -0.3 is 15.2 Å². The molecule has 1 aliphatic rings. The van der Waals surface area contributed by atoms with Crippen LogP contribution in [0.4, 0.5) is 0 Å². The number of hydrogen-bond acceptors (Lipinski definition) is 5. The number of ether oxygens (including phenoxy) is 1. The SMILES string of the molecule is Cc1ncsc1CCOC1CNCC1O. The fraction of sp³-hybridized carbons (Fsp3) is 0.700. The summed E-state index contributed by atoms with van der Waals surface area (Å²) in [5.74, 6) is 0. The molecule has 2 rings (SSSR count). The van der Waals surface area contributed by atoms with Crippen LogP contribution in [0, 0.1) is 6.92 Å².